The first-order chi connectivity index (χ1) is 13.7. The van der Waals surface area contributed by atoms with Crippen LogP contribution in [0.2, 0.25) is 0 Å². The van der Waals surface area contributed by atoms with E-state index in [1.165, 1.54) is 32.0 Å². The van der Waals surface area contributed by atoms with Crippen molar-refractivity contribution in [3.8, 4) is 11.5 Å². The molecule has 10 heteroatoms. The van der Waals surface area contributed by atoms with Gasteiger partial charge in [-0.2, -0.15) is 11.8 Å². The van der Waals surface area contributed by atoms with Gasteiger partial charge in [-0.3, -0.25) is 9.69 Å². The summed E-state index contributed by atoms with van der Waals surface area (Å²) in [7, 11) is 6.02. The highest BCUT2D eigenvalue weighted by Crippen LogP contribution is 2.35. The molecule has 1 heterocycles. The maximum absolute atomic E-state index is 12.8. The number of carbonyl (C=O) groups excluding carboxylic acids is 3. The number of hydrogen-bond donors (Lipinski definition) is 2. The molecule has 0 saturated carbocycles. The zero-order valence-electron chi connectivity index (χ0n) is 17.1. The second kappa shape index (κ2) is 9.84. The van der Waals surface area contributed by atoms with E-state index in [0.717, 1.165) is 0 Å². The van der Waals surface area contributed by atoms with Gasteiger partial charge in [-0.15, -0.1) is 0 Å². The Bertz CT molecular complexity index is 797. The number of hydrogen-bond acceptors (Lipinski definition) is 9. The van der Waals surface area contributed by atoms with Crippen molar-refractivity contribution >= 4 is 29.6 Å². The smallest absolute Gasteiger partial charge is 0.339 e. The molecular formula is C19H26N2O7S. The predicted octanol–water partition coefficient (Wildman–Crippen LogP) is 0.701. The number of amides is 1. The van der Waals surface area contributed by atoms with Gasteiger partial charge in [-0.1, -0.05) is 0 Å². The maximum Gasteiger partial charge on any atom is 0.339 e. The molecule has 0 spiro atoms. The molecule has 0 unspecified atom stereocenters. The Morgan fingerprint density at radius 1 is 1.34 bits per heavy atom. The quantitative estimate of drug-likeness (QED) is 0.674. The molecule has 29 heavy (non-hydrogen) atoms. The number of phenols is 1. The molecule has 1 amide bonds. The highest BCUT2D eigenvalue weighted by Gasteiger charge is 2.31. The second-order valence-electron chi connectivity index (χ2n) is 6.75. The van der Waals surface area contributed by atoms with Crippen LogP contribution < -0.4 is 10.1 Å². The van der Waals surface area contributed by atoms with Gasteiger partial charge in [0.05, 0.1) is 19.8 Å². The minimum Gasteiger partial charge on any atom is -0.507 e. The summed E-state index contributed by atoms with van der Waals surface area (Å²) in [6, 6.07) is -0.241. The zero-order valence-corrected chi connectivity index (χ0v) is 17.9. The largest absolute Gasteiger partial charge is 0.507 e. The summed E-state index contributed by atoms with van der Waals surface area (Å²) in [5.41, 5.74) is 1.11. The number of cyclic esters (lactones) is 1. The highest BCUT2D eigenvalue weighted by molar-refractivity contribution is 7.98. The molecule has 0 bridgehead atoms. The number of fused-ring (bicyclic) bond motifs is 1. The predicted molar refractivity (Wildman–Crippen MR) is 107 cm³/mol. The molecule has 0 aromatic heterocycles. The van der Waals surface area contributed by atoms with E-state index in [0.29, 0.717) is 16.9 Å². The molecule has 9 nitrogen and oxygen atoms in total. The Morgan fingerprint density at radius 3 is 2.62 bits per heavy atom. The van der Waals surface area contributed by atoms with Crippen LogP contribution in [-0.4, -0.2) is 80.6 Å². The van der Waals surface area contributed by atoms with Crippen LogP contribution in [0.4, 0.5) is 0 Å². The van der Waals surface area contributed by atoms with Crippen LogP contribution in [0.3, 0.4) is 0 Å². The number of likely N-dealkylation sites (N-methyl/N-ethyl adjacent to an activating group) is 1. The number of thioether (sulfide) groups is 1. The lowest BCUT2D eigenvalue weighted by Gasteiger charge is -2.26. The highest BCUT2D eigenvalue weighted by atomic mass is 32.2. The van der Waals surface area contributed by atoms with E-state index >= 15 is 0 Å². The monoisotopic (exact) mass is 426 g/mol. The third-order valence-electron chi connectivity index (χ3n) is 4.68. The molecule has 0 fully saturated rings. The summed E-state index contributed by atoms with van der Waals surface area (Å²) in [6.45, 7) is 1.47. The van der Waals surface area contributed by atoms with Crippen LogP contribution in [-0.2, 0) is 24.8 Å². The van der Waals surface area contributed by atoms with Crippen molar-refractivity contribution in [3.63, 3.8) is 0 Å². The average molecular weight is 426 g/mol. The van der Waals surface area contributed by atoms with Gasteiger partial charge < -0.3 is 24.6 Å². The normalized spacial score (nSPS) is 20.6. The summed E-state index contributed by atoms with van der Waals surface area (Å²) in [5, 5.41) is 13.1. The molecular weight excluding hydrogens is 400 g/mol. The molecule has 0 radical (unpaired) electrons. The van der Waals surface area contributed by atoms with Gasteiger partial charge in [0.2, 0.25) is 5.91 Å². The van der Waals surface area contributed by atoms with Crippen LogP contribution in [0, 0.1) is 6.92 Å². The summed E-state index contributed by atoms with van der Waals surface area (Å²) in [6.07, 6.45) is 0. The van der Waals surface area contributed by atoms with Gasteiger partial charge in [0.25, 0.3) is 0 Å². The first kappa shape index (κ1) is 22.8. The van der Waals surface area contributed by atoms with Gasteiger partial charge in [-0.05, 0) is 21.0 Å². The summed E-state index contributed by atoms with van der Waals surface area (Å²) < 4.78 is 15.4. The Labute approximate surface area is 173 Å². The van der Waals surface area contributed by atoms with Crippen molar-refractivity contribution < 1.29 is 33.7 Å². The van der Waals surface area contributed by atoms with Gasteiger partial charge in [-0.25, -0.2) is 9.59 Å². The van der Waals surface area contributed by atoms with Crippen molar-refractivity contribution in [2.75, 3.05) is 40.7 Å². The van der Waals surface area contributed by atoms with Crippen LogP contribution in [0.15, 0.2) is 6.07 Å². The first-order valence-corrected chi connectivity index (χ1v) is 10.1. The topological polar surface area (TPSA) is 114 Å². The number of nitrogens with zero attached hydrogens (tertiary/aromatic N) is 1. The molecule has 0 saturated heterocycles. The second-order valence-corrected chi connectivity index (χ2v) is 7.78. The fourth-order valence-corrected chi connectivity index (χ4v) is 4.04. The lowest BCUT2D eigenvalue weighted by molar-refractivity contribution is -0.145. The number of benzene rings is 1. The average Bonchev–Trinajstić information content (AvgIpc) is 2.67. The molecule has 2 N–H and O–H groups in total. The lowest BCUT2D eigenvalue weighted by atomic mass is 10.0. The van der Waals surface area contributed by atoms with Gasteiger partial charge in [0, 0.05) is 28.7 Å². The fourth-order valence-electron chi connectivity index (χ4n) is 2.98. The molecule has 1 aliphatic heterocycles. The van der Waals surface area contributed by atoms with Crippen LogP contribution in [0.25, 0.3) is 0 Å². The van der Waals surface area contributed by atoms with E-state index in [4.69, 9.17) is 14.2 Å². The third-order valence-corrected chi connectivity index (χ3v) is 5.74. The number of rotatable bonds is 3. The number of methoxy groups -OCH3 is 2. The van der Waals surface area contributed by atoms with Gasteiger partial charge in [0.15, 0.2) is 0 Å². The van der Waals surface area contributed by atoms with Crippen molar-refractivity contribution in [1.82, 2.24) is 10.2 Å². The molecule has 1 aromatic rings. The lowest BCUT2D eigenvalue weighted by Crippen LogP contribution is -2.53. The maximum atomic E-state index is 12.8. The van der Waals surface area contributed by atoms with Gasteiger partial charge >= 0.3 is 11.9 Å². The summed E-state index contributed by atoms with van der Waals surface area (Å²) in [4.78, 5) is 39.2. The van der Waals surface area contributed by atoms with Crippen LogP contribution >= 0.6 is 11.8 Å². The Hall–Kier alpha value is -2.46. The number of carbonyl (C=O) groups is 3. The number of nitrogens with one attached hydrogen (secondary N) is 1. The summed E-state index contributed by atoms with van der Waals surface area (Å²) in [5.74, 6) is -1.01. The minimum atomic E-state index is -0.875. The standard InChI is InChI=1S/C19H26N2O7S/c1-10-15(26-4)6-14(22)11-8-29-9-12(18(24)27-5)20-17(23)13(21(2)3)7-28-19(25)16(10)11/h6,12-13,22H,7-9H2,1-5H3,(H,20,23)/t12-,13-/m0/s1. The number of aromatic hydroxyl groups is 1. The molecule has 0 aliphatic carbocycles. The van der Waals surface area contributed by atoms with E-state index in [1.807, 2.05) is 0 Å². The van der Waals surface area contributed by atoms with Crippen LogP contribution in [0.5, 0.6) is 11.5 Å². The number of esters is 2. The first-order valence-electron chi connectivity index (χ1n) is 8.90. The van der Waals surface area contributed by atoms with E-state index in [1.54, 1.807) is 25.9 Å². The Balaban J connectivity index is 2.49. The van der Waals surface area contributed by atoms with E-state index < -0.39 is 29.9 Å². The zero-order chi connectivity index (χ0) is 21.7. The van der Waals surface area contributed by atoms with Gasteiger partial charge in [0.1, 0.15) is 30.2 Å². The van der Waals surface area contributed by atoms with Crippen molar-refractivity contribution in [3.05, 3.63) is 22.8 Å². The molecule has 1 aliphatic rings. The van der Waals surface area contributed by atoms with E-state index in [2.05, 4.69) is 5.32 Å². The molecule has 2 atom stereocenters. The van der Waals surface area contributed by atoms with Crippen molar-refractivity contribution in [2.45, 2.75) is 24.8 Å². The number of ether oxygens (including phenoxy) is 3. The fraction of sp³-hybridized carbons (Fsp3) is 0.526. The Morgan fingerprint density at radius 2 is 2.03 bits per heavy atom. The van der Waals surface area contributed by atoms with E-state index in [9.17, 15) is 19.5 Å². The van der Waals surface area contributed by atoms with Crippen molar-refractivity contribution in [2.24, 2.45) is 0 Å². The summed E-state index contributed by atoms with van der Waals surface area (Å²) >= 11 is 1.27. The minimum absolute atomic E-state index is 0.105. The number of phenolic OH excluding ortho intramolecular Hbond substituents is 1. The van der Waals surface area contributed by atoms with Crippen LogP contribution in [0.1, 0.15) is 21.5 Å². The third kappa shape index (κ3) is 5.13. The van der Waals surface area contributed by atoms with Crippen molar-refractivity contribution in [1.29, 1.82) is 0 Å². The molecule has 160 valence electrons. The molecule has 2 rings (SSSR count). The Kier molecular flexibility index (Phi) is 7.74. The SMILES string of the molecule is COC(=O)[C@@H]1CSCc2c(O)cc(OC)c(C)c2C(=O)OC[C@H](N(C)C)C(=O)N1. The van der Waals surface area contributed by atoms with E-state index in [-0.39, 0.29) is 29.4 Å². The molecule has 1 aromatic carbocycles.